The Morgan fingerprint density at radius 1 is 1.37 bits per heavy atom. The summed E-state index contributed by atoms with van der Waals surface area (Å²) in [6, 6.07) is 0. The Bertz CT molecular complexity index is 548. The fourth-order valence-corrected chi connectivity index (χ4v) is 2.77. The van der Waals surface area contributed by atoms with Gasteiger partial charge in [-0.1, -0.05) is 27.7 Å². The van der Waals surface area contributed by atoms with E-state index in [-0.39, 0.29) is 5.41 Å². The largest absolute Gasteiger partial charge is 0.377 e. The molecule has 0 aliphatic carbocycles. The third-order valence-corrected chi connectivity index (χ3v) is 4.21. The van der Waals surface area contributed by atoms with E-state index >= 15 is 0 Å². The Morgan fingerprint density at radius 3 is 2.68 bits per heavy atom. The third kappa shape index (κ3) is 3.35. The van der Waals surface area contributed by atoms with Crippen molar-refractivity contribution < 1.29 is 0 Å². The molecule has 0 saturated heterocycles. The Labute approximate surface area is 118 Å². The van der Waals surface area contributed by atoms with Crippen LogP contribution in [-0.2, 0) is 25.4 Å². The molecule has 104 valence electrons. The zero-order chi connectivity index (χ0) is 14.0. The number of rotatable bonds is 4. The van der Waals surface area contributed by atoms with Gasteiger partial charge in [0.2, 0.25) is 0 Å². The molecule has 0 unspecified atom stereocenters. The van der Waals surface area contributed by atoms with Crippen LogP contribution in [0.1, 0.15) is 44.1 Å². The van der Waals surface area contributed by atoms with Gasteiger partial charge in [0, 0.05) is 24.0 Å². The van der Waals surface area contributed by atoms with Gasteiger partial charge in [0.25, 0.3) is 0 Å². The summed E-state index contributed by atoms with van der Waals surface area (Å²) >= 11 is 1.73. The monoisotopic (exact) mass is 278 g/mol. The molecular formula is C14H22N4S. The second-order valence-electron chi connectivity index (χ2n) is 5.76. The van der Waals surface area contributed by atoms with E-state index in [1.165, 1.54) is 5.01 Å². The molecule has 0 spiro atoms. The van der Waals surface area contributed by atoms with E-state index in [4.69, 9.17) is 0 Å². The summed E-state index contributed by atoms with van der Waals surface area (Å²) in [6.07, 6.45) is 2.96. The summed E-state index contributed by atoms with van der Waals surface area (Å²) in [4.78, 5) is 4.69. The van der Waals surface area contributed by atoms with Gasteiger partial charge < -0.3 is 5.32 Å². The minimum atomic E-state index is 0.131. The van der Waals surface area contributed by atoms with Crippen LogP contribution in [0.15, 0.2) is 11.6 Å². The molecule has 0 atom stereocenters. The van der Waals surface area contributed by atoms with Gasteiger partial charge in [-0.2, -0.15) is 5.10 Å². The predicted octanol–water partition coefficient (Wildman–Crippen LogP) is 3.35. The fourth-order valence-electron chi connectivity index (χ4n) is 1.86. The van der Waals surface area contributed by atoms with Crippen LogP contribution in [0.4, 0.5) is 5.69 Å². The average Bonchev–Trinajstić information content (AvgIpc) is 2.91. The number of nitrogens with one attached hydrogen (secondary N) is 1. The van der Waals surface area contributed by atoms with Gasteiger partial charge in [-0.15, -0.1) is 11.3 Å². The van der Waals surface area contributed by atoms with Gasteiger partial charge >= 0.3 is 0 Å². The Hall–Kier alpha value is -1.36. The van der Waals surface area contributed by atoms with E-state index in [0.29, 0.717) is 0 Å². The summed E-state index contributed by atoms with van der Waals surface area (Å²) in [5, 5.41) is 11.2. The first-order valence-electron chi connectivity index (χ1n) is 6.61. The Kier molecular flexibility index (Phi) is 3.94. The van der Waals surface area contributed by atoms with E-state index in [2.05, 4.69) is 48.5 Å². The summed E-state index contributed by atoms with van der Waals surface area (Å²) in [6.45, 7) is 9.46. The van der Waals surface area contributed by atoms with Gasteiger partial charge in [0.1, 0.15) is 0 Å². The van der Waals surface area contributed by atoms with Gasteiger partial charge in [0.05, 0.1) is 28.6 Å². The van der Waals surface area contributed by atoms with Crippen LogP contribution in [0.5, 0.6) is 0 Å². The van der Waals surface area contributed by atoms with E-state index in [9.17, 15) is 0 Å². The summed E-state index contributed by atoms with van der Waals surface area (Å²) in [7, 11) is 1.95. The maximum Gasteiger partial charge on any atom is 0.0982 e. The lowest BCUT2D eigenvalue weighted by atomic mass is 9.98. The Morgan fingerprint density at radius 2 is 2.11 bits per heavy atom. The van der Waals surface area contributed by atoms with Crippen molar-refractivity contribution >= 4 is 17.0 Å². The van der Waals surface area contributed by atoms with Gasteiger partial charge in [0.15, 0.2) is 0 Å². The van der Waals surface area contributed by atoms with Crippen molar-refractivity contribution in [3.05, 3.63) is 28.0 Å². The fraction of sp³-hybridized carbons (Fsp3) is 0.571. The molecule has 0 aliphatic heterocycles. The van der Waals surface area contributed by atoms with Crippen LogP contribution in [-0.4, -0.2) is 14.8 Å². The zero-order valence-electron chi connectivity index (χ0n) is 12.3. The molecule has 0 saturated carbocycles. The standard InChI is InChI=1S/C14H22N4S/c1-6-11-12(8-18(5)17-11)15-7-10-9-19-13(16-10)14(2,3)4/h8-9,15H,6-7H2,1-5H3. The minimum absolute atomic E-state index is 0.131. The minimum Gasteiger partial charge on any atom is -0.377 e. The highest BCUT2D eigenvalue weighted by atomic mass is 32.1. The lowest BCUT2D eigenvalue weighted by Crippen LogP contribution is -2.11. The topological polar surface area (TPSA) is 42.7 Å². The first-order chi connectivity index (χ1) is 8.90. The number of aromatic nitrogens is 3. The van der Waals surface area contributed by atoms with Crippen LogP contribution in [0.25, 0.3) is 0 Å². The van der Waals surface area contributed by atoms with E-state index in [1.54, 1.807) is 11.3 Å². The number of thiazole rings is 1. The molecule has 1 N–H and O–H groups in total. The lowest BCUT2D eigenvalue weighted by molar-refractivity contribution is 0.583. The molecule has 2 heterocycles. The first-order valence-corrected chi connectivity index (χ1v) is 7.49. The van der Waals surface area contributed by atoms with Crippen LogP contribution >= 0.6 is 11.3 Å². The molecule has 2 rings (SSSR count). The highest BCUT2D eigenvalue weighted by Crippen LogP contribution is 2.26. The first kappa shape index (κ1) is 14.1. The maximum atomic E-state index is 4.69. The zero-order valence-corrected chi connectivity index (χ0v) is 13.1. The van der Waals surface area contributed by atoms with Crippen LogP contribution < -0.4 is 5.32 Å². The average molecular weight is 278 g/mol. The van der Waals surface area contributed by atoms with Crippen molar-refractivity contribution in [3.63, 3.8) is 0 Å². The molecule has 0 bridgehead atoms. The van der Waals surface area contributed by atoms with Gasteiger partial charge in [-0.05, 0) is 6.42 Å². The molecule has 0 fully saturated rings. The van der Waals surface area contributed by atoms with Crippen molar-refractivity contribution in [2.24, 2.45) is 7.05 Å². The smallest absolute Gasteiger partial charge is 0.0982 e. The molecule has 19 heavy (non-hydrogen) atoms. The molecule has 0 aliphatic rings. The van der Waals surface area contributed by atoms with Crippen LogP contribution in [0, 0.1) is 0 Å². The predicted molar refractivity (Wildman–Crippen MR) is 80.7 cm³/mol. The highest BCUT2D eigenvalue weighted by molar-refractivity contribution is 7.09. The quantitative estimate of drug-likeness (QED) is 0.932. The van der Waals surface area contributed by atoms with Crippen molar-refractivity contribution in [2.45, 2.75) is 46.1 Å². The van der Waals surface area contributed by atoms with Crippen molar-refractivity contribution in [1.82, 2.24) is 14.8 Å². The third-order valence-electron chi connectivity index (χ3n) is 2.89. The van der Waals surface area contributed by atoms with Crippen molar-refractivity contribution in [2.75, 3.05) is 5.32 Å². The normalized spacial score (nSPS) is 11.8. The molecule has 0 radical (unpaired) electrons. The Balaban J connectivity index is 2.04. The molecule has 2 aromatic rings. The van der Waals surface area contributed by atoms with E-state index < -0.39 is 0 Å². The number of hydrogen-bond donors (Lipinski definition) is 1. The number of anilines is 1. The lowest BCUT2D eigenvalue weighted by Gasteiger charge is -2.13. The SMILES string of the molecule is CCc1nn(C)cc1NCc1csc(C(C)(C)C)n1. The van der Waals surface area contributed by atoms with Gasteiger partial charge in [-0.25, -0.2) is 4.98 Å². The van der Waals surface area contributed by atoms with E-state index in [1.807, 2.05) is 17.9 Å². The van der Waals surface area contributed by atoms with E-state index in [0.717, 1.165) is 30.0 Å². The van der Waals surface area contributed by atoms with Crippen molar-refractivity contribution in [1.29, 1.82) is 0 Å². The summed E-state index contributed by atoms with van der Waals surface area (Å²) < 4.78 is 1.85. The second-order valence-corrected chi connectivity index (χ2v) is 6.62. The van der Waals surface area contributed by atoms with Crippen LogP contribution in [0.2, 0.25) is 0 Å². The molecule has 2 aromatic heterocycles. The van der Waals surface area contributed by atoms with Gasteiger partial charge in [-0.3, -0.25) is 4.68 Å². The molecular weight excluding hydrogens is 256 g/mol. The molecule has 0 amide bonds. The second kappa shape index (κ2) is 5.33. The molecule has 4 nitrogen and oxygen atoms in total. The summed E-state index contributed by atoms with van der Waals surface area (Å²) in [5.41, 5.74) is 3.44. The number of nitrogens with zero attached hydrogens (tertiary/aromatic N) is 3. The van der Waals surface area contributed by atoms with Crippen molar-refractivity contribution in [3.8, 4) is 0 Å². The van der Waals surface area contributed by atoms with Crippen LogP contribution in [0.3, 0.4) is 0 Å². The highest BCUT2D eigenvalue weighted by Gasteiger charge is 2.18. The maximum absolute atomic E-state index is 4.69. The molecule has 0 aromatic carbocycles. The number of aryl methyl sites for hydroxylation is 2. The number of hydrogen-bond acceptors (Lipinski definition) is 4. The molecule has 5 heteroatoms. The summed E-state index contributed by atoms with van der Waals surface area (Å²) in [5.74, 6) is 0.